The number of para-hydroxylation sites is 2. The second-order valence-corrected chi connectivity index (χ2v) is 8.61. The Morgan fingerprint density at radius 1 is 1.06 bits per heavy atom. The maximum Gasteiger partial charge on any atom is 0.259 e. The number of benzene rings is 2. The number of carbonyl (C=O) groups is 2. The molecule has 2 aliphatic rings. The van der Waals surface area contributed by atoms with E-state index < -0.39 is 6.04 Å². The largest absolute Gasteiger partial charge is 0.497 e. The molecule has 2 heterocycles. The van der Waals surface area contributed by atoms with Crippen LogP contribution in [0.2, 0.25) is 0 Å². The summed E-state index contributed by atoms with van der Waals surface area (Å²) >= 11 is 1.57. The smallest absolute Gasteiger partial charge is 0.259 e. The summed E-state index contributed by atoms with van der Waals surface area (Å²) in [7, 11) is 1.60. The van der Waals surface area contributed by atoms with Gasteiger partial charge in [-0.2, -0.15) is 0 Å². The Morgan fingerprint density at radius 3 is 2.61 bits per heavy atom. The van der Waals surface area contributed by atoms with Crippen molar-refractivity contribution in [3.05, 3.63) is 87.8 Å². The maximum atomic E-state index is 13.9. The highest BCUT2D eigenvalue weighted by Crippen LogP contribution is 2.46. The predicted molar refractivity (Wildman–Crippen MR) is 123 cm³/mol. The van der Waals surface area contributed by atoms with Crippen molar-refractivity contribution in [3.63, 3.8) is 0 Å². The third kappa shape index (κ3) is 3.43. The van der Waals surface area contributed by atoms with Crippen molar-refractivity contribution in [2.45, 2.75) is 25.3 Å². The van der Waals surface area contributed by atoms with Crippen LogP contribution < -0.4 is 15.0 Å². The van der Waals surface area contributed by atoms with Crippen LogP contribution in [0.4, 0.5) is 11.4 Å². The molecule has 5 nitrogen and oxygen atoms in total. The molecule has 1 aliphatic heterocycles. The molecule has 0 bridgehead atoms. The van der Waals surface area contributed by atoms with Gasteiger partial charge in [0.1, 0.15) is 11.8 Å². The Kier molecular flexibility index (Phi) is 5.08. The average Bonchev–Trinajstić information content (AvgIpc) is 3.28. The number of methoxy groups -OCH3 is 1. The van der Waals surface area contributed by atoms with Gasteiger partial charge in [0.2, 0.25) is 0 Å². The van der Waals surface area contributed by atoms with E-state index in [2.05, 4.69) is 5.32 Å². The van der Waals surface area contributed by atoms with Gasteiger partial charge >= 0.3 is 0 Å². The minimum Gasteiger partial charge on any atom is -0.497 e. The molecule has 5 rings (SSSR count). The number of hydrogen-bond acceptors (Lipinski definition) is 5. The molecule has 0 radical (unpaired) electrons. The lowest BCUT2D eigenvalue weighted by atomic mass is 9.88. The quantitative estimate of drug-likeness (QED) is 0.590. The van der Waals surface area contributed by atoms with Crippen LogP contribution in [0, 0.1) is 0 Å². The number of allylic oxidation sites excluding steroid dienone is 1. The number of Topliss-reactive ketones (excluding diaryl/α,β-unsaturated/α-hetero) is 1. The fraction of sp³-hybridized carbons (Fsp3) is 0.200. The number of ketones is 1. The van der Waals surface area contributed by atoms with E-state index in [4.69, 9.17) is 4.74 Å². The summed E-state index contributed by atoms with van der Waals surface area (Å²) in [5.74, 6) is 0.645. The Morgan fingerprint density at radius 2 is 1.87 bits per heavy atom. The minimum absolute atomic E-state index is 0.104. The van der Waals surface area contributed by atoms with Crippen molar-refractivity contribution >= 4 is 34.4 Å². The van der Waals surface area contributed by atoms with E-state index in [-0.39, 0.29) is 11.7 Å². The number of anilines is 2. The molecular formula is C25H22N2O3S. The van der Waals surface area contributed by atoms with Crippen molar-refractivity contribution in [3.8, 4) is 5.75 Å². The Labute approximate surface area is 185 Å². The second kappa shape index (κ2) is 8.04. The van der Waals surface area contributed by atoms with Crippen molar-refractivity contribution in [2.75, 3.05) is 17.3 Å². The first-order valence-electron chi connectivity index (χ1n) is 10.3. The molecule has 0 saturated carbocycles. The normalized spacial score (nSPS) is 18.0. The molecular weight excluding hydrogens is 408 g/mol. The molecule has 1 N–H and O–H groups in total. The zero-order chi connectivity index (χ0) is 21.4. The molecule has 2 aromatic carbocycles. The molecule has 156 valence electrons. The van der Waals surface area contributed by atoms with Gasteiger partial charge in [0.25, 0.3) is 5.91 Å². The molecule has 0 fully saturated rings. The van der Waals surface area contributed by atoms with Gasteiger partial charge in [-0.05, 0) is 60.7 Å². The maximum absolute atomic E-state index is 13.9. The zero-order valence-electron chi connectivity index (χ0n) is 17.1. The summed E-state index contributed by atoms with van der Waals surface area (Å²) in [5, 5.41) is 5.48. The number of ether oxygens (including phenoxy) is 1. The SMILES string of the molecule is COc1ccc(C(=O)N2c3ccccc3NC3=C(C(=O)CCC3)[C@@H]2c2cccs2)cc1. The van der Waals surface area contributed by atoms with E-state index in [0.717, 1.165) is 34.8 Å². The first kappa shape index (κ1) is 19.6. The summed E-state index contributed by atoms with van der Waals surface area (Å²) in [5.41, 5.74) is 3.78. The fourth-order valence-corrected chi connectivity index (χ4v) is 5.17. The summed E-state index contributed by atoms with van der Waals surface area (Å²) < 4.78 is 5.25. The number of amides is 1. The molecule has 1 aromatic heterocycles. The predicted octanol–water partition coefficient (Wildman–Crippen LogP) is 5.58. The Balaban J connectivity index is 1.73. The van der Waals surface area contributed by atoms with Crippen molar-refractivity contribution in [2.24, 2.45) is 0 Å². The lowest BCUT2D eigenvalue weighted by Gasteiger charge is -2.33. The minimum atomic E-state index is -0.464. The number of nitrogens with zero attached hydrogens (tertiary/aromatic N) is 1. The summed E-state index contributed by atoms with van der Waals surface area (Å²) in [6.07, 6.45) is 2.11. The number of thiophene rings is 1. The monoisotopic (exact) mass is 430 g/mol. The van der Waals surface area contributed by atoms with Crippen molar-refractivity contribution < 1.29 is 14.3 Å². The second-order valence-electron chi connectivity index (χ2n) is 7.63. The van der Waals surface area contributed by atoms with Crippen LogP contribution in [0.15, 0.2) is 77.3 Å². The lowest BCUT2D eigenvalue weighted by Crippen LogP contribution is -2.37. The molecule has 3 aromatic rings. The van der Waals surface area contributed by atoms with E-state index in [9.17, 15) is 9.59 Å². The van der Waals surface area contributed by atoms with Gasteiger partial charge < -0.3 is 10.1 Å². The average molecular weight is 431 g/mol. The van der Waals surface area contributed by atoms with Gasteiger partial charge in [-0.15, -0.1) is 11.3 Å². The lowest BCUT2D eigenvalue weighted by molar-refractivity contribution is -0.116. The molecule has 0 spiro atoms. The van der Waals surface area contributed by atoms with E-state index in [1.807, 2.05) is 41.8 Å². The van der Waals surface area contributed by atoms with Gasteiger partial charge in [-0.3, -0.25) is 14.5 Å². The Hall–Kier alpha value is -3.38. The third-order valence-electron chi connectivity index (χ3n) is 5.81. The van der Waals surface area contributed by atoms with Crippen LogP contribution in [-0.4, -0.2) is 18.8 Å². The van der Waals surface area contributed by atoms with Gasteiger partial charge in [0, 0.05) is 28.1 Å². The molecule has 1 atom stereocenters. The van der Waals surface area contributed by atoms with Crippen LogP contribution in [0.25, 0.3) is 0 Å². The third-order valence-corrected chi connectivity index (χ3v) is 6.73. The highest BCUT2D eigenvalue weighted by molar-refractivity contribution is 7.10. The number of fused-ring (bicyclic) bond motifs is 1. The molecule has 31 heavy (non-hydrogen) atoms. The van der Waals surface area contributed by atoms with E-state index >= 15 is 0 Å². The van der Waals surface area contributed by atoms with Crippen molar-refractivity contribution in [1.29, 1.82) is 0 Å². The number of hydrogen-bond donors (Lipinski definition) is 1. The summed E-state index contributed by atoms with van der Waals surface area (Å²) in [4.78, 5) is 29.9. The van der Waals surface area contributed by atoms with Crippen LogP contribution >= 0.6 is 11.3 Å². The van der Waals surface area contributed by atoms with Crippen LogP contribution in [-0.2, 0) is 4.79 Å². The first-order chi connectivity index (χ1) is 15.2. The molecule has 1 aliphatic carbocycles. The zero-order valence-corrected chi connectivity index (χ0v) is 17.9. The highest BCUT2D eigenvalue weighted by Gasteiger charge is 2.40. The topological polar surface area (TPSA) is 58.6 Å². The summed E-state index contributed by atoms with van der Waals surface area (Å²) in [6, 6.07) is 18.4. The Bertz CT molecular complexity index is 1170. The highest BCUT2D eigenvalue weighted by atomic mass is 32.1. The number of nitrogens with one attached hydrogen (secondary N) is 1. The fourth-order valence-electron chi connectivity index (χ4n) is 4.35. The van der Waals surface area contributed by atoms with E-state index in [1.54, 1.807) is 47.6 Å². The first-order valence-corrected chi connectivity index (χ1v) is 11.2. The van der Waals surface area contributed by atoms with Gasteiger partial charge in [0.15, 0.2) is 5.78 Å². The van der Waals surface area contributed by atoms with Gasteiger partial charge in [-0.1, -0.05) is 18.2 Å². The van der Waals surface area contributed by atoms with Crippen LogP contribution in [0.5, 0.6) is 5.75 Å². The molecule has 0 saturated heterocycles. The number of rotatable bonds is 3. The van der Waals surface area contributed by atoms with Gasteiger partial charge in [-0.25, -0.2) is 0 Å². The summed E-state index contributed by atoms with van der Waals surface area (Å²) in [6.45, 7) is 0. The number of carbonyl (C=O) groups excluding carboxylic acids is 2. The molecule has 1 amide bonds. The van der Waals surface area contributed by atoms with E-state index in [1.165, 1.54) is 0 Å². The van der Waals surface area contributed by atoms with Gasteiger partial charge in [0.05, 0.1) is 18.5 Å². The molecule has 6 heteroatoms. The van der Waals surface area contributed by atoms with Crippen molar-refractivity contribution in [1.82, 2.24) is 0 Å². The van der Waals surface area contributed by atoms with Crippen LogP contribution in [0.1, 0.15) is 40.5 Å². The van der Waals surface area contributed by atoms with E-state index in [0.29, 0.717) is 23.3 Å². The molecule has 0 unspecified atom stereocenters. The van der Waals surface area contributed by atoms with Crippen LogP contribution in [0.3, 0.4) is 0 Å². The standard InChI is InChI=1S/C25H22N2O3S/c1-30-17-13-11-16(12-14-17)25(29)27-20-8-3-2-6-18(20)26-19-7-4-9-21(28)23(19)24(27)22-10-5-15-31-22/h2-3,5-6,8,10-15,24,26H,4,7,9H2,1H3/t24-/m0/s1.